The first-order valence-electron chi connectivity index (χ1n) is 11.0. The van der Waals surface area contributed by atoms with Crippen LogP contribution in [0.4, 0.5) is 5.82 Å². The summed E-state index contributed by atoms with van der Waals surface area (Å²) in [7, 11) is 0. The number of carbonyl (C=O) groups excluding carboxylic acids is 1. The van der Waals surface area contributed by atoms with Crippen LogP contribution < -0.4 is 10.5 Å². The highest BCUT2D eigenvalue weighted by Gasteiger charge is 2.35. The molecule has 176 valence electrons. The monoisotopic (exact) mass is 488 g/mol. The Hall–Kier alpha value is -2.64. The third-order valence-electron chi connectivity index (χ3n) is 5.90. The molecule has 3 rings (SSSR count). The van der Waals surface area contributed by atoms with Crippen molar-refractivity contribution in [3.63, 3.8) is 0 Å². The van der Waals surface area contributed by atoms with Gasteiger partial charge >= 0.3 is 5.97 Å². The smallest absolute Gasteiger partial charge is 0.323 e. The predicted molar refractivity (Wildman–Crippen MR) is 133 cm³/mol. The fraction of sp³-hybridized carbons (Fsp3) is 0.522. The molecule has 3 heterocycles. The van der Waals surface area contributed by atoms with E-state index in [1.54, 1.807) is 17.6 Å². The normalized spacial score (nSPS) is 22.2. The molecule has 1 amide bonds. The lowest BCUT2D eigenvalue weighted by Gasteiger charge is -2.39. The van der Waals surface area contributed by atoms with Crippen LogP contribution in [0, 0.1) is 30.1 Å². The van der Waals surface area contributed by atoms with Gasteiger partial charge in [0.1, 0.15) is 28.3 Å². The Morgan fingerprint density at radius 3 is 2.48 bits per heavy atom. The number of pyridine rings is 1. The van der Waals surface area contributed by atoms with E-state index >= 15 is 0 Å². The standard InChI is InChI=1S/C23H28N4O4S2/c1-5-6-26-20(25-10-13(2)7-14(3)11-25)16(15(4)17(9-24)21(26)30)8-18-22(31)27(12-19(28)29)23(32)33-18/h8,13-14H,5-7,10-12H2,1-4H3,(H,28,29)/b18-8-. The molecular formula is C23H28N4O4S2. The van der Waals surface area contributed by atoms with Gasteiger partial charge in [-0.05, 0) is 43.2 Å². The van der Waals surface area contributed by atoms with E-state index in [1.165, 1.54) is 0 Å². The average molecular weight is 489 g/mol. The summed E-state index contributed by atoms with van der Waals surface area (Å²) in [6.45, 7) is 9.52. The van der Waals surface area contributed by atoms with Crippen LogP contribution in [0.25, 0.3) is 6.08 Å². The summed E-state index contributed by atoms with van der Waals surface area (Å²) in [4.78, 5) is 40.9. The van der Waals surface area contributed by atoms with Crippen molar-refractivity contribution in [2.45, 2.75) is 47.1 Å². The number of hydrogen-bond acceptors (Lipinski definition) is 7. The summed E-state index contributed by atoms with van der Waals surface area (Å²) in [5.74, 6) is -0.0675. The number of carboxylic acid groups (broad SMARTS) is 1. The predicted octanol–water partition coefficient (Wildman–Crippen LogP) is 3.21. The quantitative estimate of drug-likeness (QED) is 0.481. The molecule has 2 fully saturated rings. The number of aliphatic carboxylic acids is 1. The molecule has 10 heteroatoms. The molecule has 1 N–H and O–H groups in total. The van der Waals surface area contributed by atoms with E-state index < -0.39 is 18.4 Å². The molecular weight excluding hydrogens is 460 g/mol. The fourth-order valence-electron chi connectivity index (χ4n) is 4.65. The molecule has 2 aliphatic heterocycles. The molecule has 0 saturated carbocycles. The number of rotatable bonds is 6. The number of hydrogen-bond donors (Lipinski definition) is 1. The van der Waals surface area contributed by atoms with Crippen LogP contribution in [-0.4, -0.2) is 50.4 Å². The number of carbonyl (C=O) groups is 2. The van der Waals surface area contributed by atoms with E-state index in [2.05, 4.69) is 18.7 Å². The van der Waals surface area contributed by atoms with Crippen LogP contribution in [0.15, 0.2) is 9.70 Å². The lowest BCUT2D eigenvalue weighted by Crippen LogP contribution is -2.43. The molecule has 2 atom stereocenters. The number of aromatic nitrogens is 1. The maximum atomic E-state index is 13.2. The first-order valence-corrected chi connectivity index (χ1v) is 12.2. The Labute approximate surface area is 202 Å². The fourth-order valence-corrected chi connectivity index (χ4v) is 5.89. The second kappa shape index (κ2) is 10.1. The molecule has 1 aromatic heterocycles. The summed E-state index contributed by atoms with van der Waals surface area (Å²) in [6, 6.07) is 2.04. The van der Waals surface area contributed by atoms with Crippen LogP contribution in [0.2, 0.25) is 0 Å². The molecule has 33 heavy (non-hydrogen) atoms. The maximum absolute atomic E-state index is 13.2. The lowest BCUT2D eigenvalue weighted by molar-refractivity contribution is -0.140. The number of carboxylic acids is 1. The summed E-state index contributed by atoms with van der Waals surface area (Å²) < 4.78 is 1.83. The Balaban J connectivity index is 2.25. The van der Waals surface area contributed by atoms with Crippen molar-refractivity contribution in [1.29, 1.82) is 5.26 Å². The highest BCUT2D eigenvalue weighted by molar-refractivity contribution is 8.26. The molecule has 2 saturated heterocycles. The first kappa shape index (κ1) is 25.0. The van der Waals surface area contributed by atoms with Crippen molar-refractivity contribution >= 4 is 52.1 Å². The molecule has 2 unspecified atom stereocenters. The minimum atomic E-state index is -1.15. The Morgan fingerprint density at radius 2 is 1.94 bits per heavy atom. The van der Waals surface area contributed by atoms with Gasteiger partial charge in [0.25, 0.3) is 11.5 Å². The largest absolute Gasteiger partial charge is 0.480 e. The zero-order chi connectivity index (χ0) is 24.4. The molecule has 0 aliphatic carbocycles. The number of nitrogens with zero attached hydrogens (tertiary/aromatic N) is 4. The van der Waals surface area contributed by atoms with E-state index in [4.69, 9.17) is 17.3 Å². The highest BCUT2D eigenvalue weighted by Crippen LogP contribution is 2.37. The van der Waals surface area contributed by atoms with Crippen LogP contribution in [0.1, 0.15) is 50.3 Å². The van der Waals surface area contributed by atoms with Crippen LogP contribution in [0.3, 0.4) is 0 Å². The highest BCUT2D eigenvalue weighted by atomic mass is 32.2. The Kier molecular flexibility index (Phi) is 7.65. The van der Waals surface area contributed by atoms with Crippen molar-refractivity contribution in [2.75, 3.05) is 24.5 Å². The van der Waals surface area contributed by atoms with Gasteiger partial charge < -0.3 is 10.0 Å². The van der Waals surface area contributed by atoms with Gasteiger partial charge in [-0.2, -0.15) is 5.26 Å². The first-order chi connectivity index (χ1) is 15.6. The molecule has 2 aliphatic rings. The molecule has 0 bridgehead atoms. The third-order valence-corrected chi connectivity index (χ3v) is 7.28. The lowest BCUT2D eigenvalue weighted by atomic mass is 9.91. The minimum Gasteiger partial charge on any atom is -0.480 e. The van der Waals surface area contributed by atoms with E-state index in [-0.39, 0.29) is 20.3 Å². The van der Waals surface area contributed by atoms with E-state index in [0.717, 1.165) is 36.2 Å². The van der Waals surface area contributed by atoms with Gasteiger partial charge in [0.15, 0.2) is 0 Å². The summed E-state index contributed by atoms with van der Waals surface area (Å²) >= 11 is 6.27. The number of piperidine rings is 1. The number of nitriles is 1. The van der Waals surface area contributed by atoms with E-state index in [0.29, 0.717) is 41.7 Å². The third kappa shape index (κ3) is 4.99. The van der Waals surface area contributed by atoms with Crippen LogP contribution >= 0.6 is 24.0 Å². The summed E-state index contributed by atoms with van der Waals surface area (Å²) in [5.41, 5.74) is 0.877. The molecule has 1 aromatic rings. The van der Waals surface area contributed by atoms with Gasteiger partial charge in [-0.25, -0.2) is 0 Å². The van der Waals surface area contributed by atoms with Gasteiger partial charge in [-0.3, -0.25) is 23.9 Å². The molecule has 8 nitrogen and oxygen atoms in total. The average Bonchev–Trinajstić information content (AvgIpc) is 2.98. The number of thiocarbonyl (C=S) groups is 1. The Morgan fingerprint density at radius 1 is 1.30 bits per heavy atom. The van der Waals surface area contributed by atoms with Gasteiger partial charge in [0.2, 0.25) is 0 Å². The van der Waals surface area contributed by atoms with E-state index in [9.17, 15) is 19.6 Å². The molecule has 0 spiro atoms. The topological polar surface area (TPSA) is 107 Å². The Bertz CT molecular complexity index is 1120. The summed E-state index contributed by atoms with van der Waals surface area (Å²) in [6.07, 6.45) is 3.47. The number of anilines is 1. The van der Waals surface area contributed by atoms with Gasteiger partial charge in [0, 0.05) is 25.2 Å². The van der Waals surface area contributed by atoms with Crippen molar-refractivity contribution < 1.29 is 14.7 Å². The maximum Gasteiger partial charge on any atom is 0.323 e. The molecule has 0 radical (unpaired) electrons. The zero-order valence-corrected chi connectivity index (χ0v) is 20.9. The van der Waals surface area contributed by atoms with Crippen molar-refractivity contribution in [3.8, 4) is 6.07 Å². The number of amides is 1. The van der Waals surface area contributed by atoms with Crippen molar-refractivity contribution in [2.24, 2.45) is 11.8 Å². The number of thioether (sulfide) groups is 1. The van der Waals surface area contributed by atoms with Crippen LogP contribution in [0.5, 0.6) is 0 Å². The summed E-state index contributed by atoms with van der Waals surface area (Å²) in [5, 5.41) is 18.9. The van der Waals surface area contributed by atoms with Gasteiger partial charge in [0.05, 0.1) is 4.91 Å². The van der Waals surface area contributed by atoms with Gasteiger partial charge in [-0.1, -0.05) is 44.8 Å². The SMILES string of the molecule is CCCn1c(N2CC(C)CC(C)C2)c(/C=C2\SC(=S)N(CC(=O)O)C2=O)c(C)c(C#N)c1=O. The van der Waals surface area contributed by atoms with Crippen molar-refractivity contribution in [3.05, 3.63) is 31.9 Å². The van der Waals surface area contributed by atoms with E-state index in [1.807, 2.05) is 13.0 Å². The van der Waals surface area contributed by atoms with Gasteiger partial charge in [-0.15, -0.1) is 0 Å². The van der Waals surface area contributed by atoms with Crippen molar-refractivity contribution in [1.82, 2.24) is 9.47 Å². The second-order valence-electron chi connectivity index (χ2n) is 8.82. The second-order valence-corrected chi connectivity index (χ2v) is 10.5. The van der Waals surface area contributed by atoms with Crippen LogP contribution in [-0.2, 0) is 16.1 Å². The minimum absolute atomic E-state index is 0.0533. The molecule has 0 aromatic carbocycles. The zero-order valence-electron chi connectivity index (χ0n) is 19.3.